The molecule has 0 aliphatic rings. The van der Waals surface area contributed by atoms with Gasteiger partial charge in [0.15, 0.2) is 5.78 Å². The van der Waals surface area contributed by atoms with Gasteiger partial charge in [0, 0.05) is 34.2 Å². The number of hydrogen-bond donors (Lipinski definition) is 0. The predicted molar refractivity (Wildman–Crippen MR) is 71.6 cm³/mol. The van der Waals surface area contributed by atoms with E-state index in [1.807, 2.05) is 29.8 Å². The number of nitrogens with zero attached hydrogens (tertiary/aromatic N) is 1. The van der Waals surface area contributed by atoms with E-state index in [1.54, 1.807) is 6.20 Å². The van der Waals surface area contributed by atoms with Gasteiger partial charge in [-0.1, -0.05) is 22.0 Å². The Morgan fingerprint density at radius 3 is 2.78 bits per heavy atom. The Morgan fingerprint density at radius 2 is 2.11 bits per heavy atom. The first kappa shape index (κ1) is 12.8. The van der Waals surface area contributed by atoms with Crippen LogP contribution in [-0.2, 0) is 16.6 Å². The molecular weight excluding hydrogens is 298 g/mol. The van der Waals surface area contributed by atoms with Crippen LogP contribution in [0, 0.1) is 0 Å². The molecule has 0 aliphatic heterocycles. The van der Waals surface area contributed by atoms with Gasteiger partial charge in [-0.25, -0.2) is 0 Å². The molecule has 1 aromatic heterocycles. The van der Waals surface area contributed by atoms with Crippen molar-refractivity contribution in [3.05, 3.63) is 34.4 Å². The topological polar surface area (TPSA) is 48.3 Å². The number of benzene rings is 1. The molecule has 0 N–H and O–H groups in total. The number of aryl methyl sites for hydroxylation is 1. The maximum atomic E-state index is 12.0. The Kier molecular flexibility index (Phi) is 3.52. The zero-order valence-corrected chi connectivity index (χ0v) is 11.7. The highest BCUT2D eigenvalue weighted by Crippen LogP contribution is 2.25. The Balaban J connectivity index is 2.46. The summed E-state index contributed by atoms with van der Waals surface area (Å²) in [5.41, 5.74) is 1.49. The van der Waals surface area contributed by atoms with Crippen LogP contribution in [0.5, 0.6) is 0 Å². The first-order valence-corrected chi connectivity index (χ1v) is 6.17. The van der Waals surface area contributed by atoms with Gasteiger partial charge >= 0.3 is 5.97 Å². The standard InChI is InChI=1S/C13H12BrNO3/c1-15-7-10(12(16)6-13(17)18-2)9-4-3-8(14)5-11(9)15/h3-5,7H,6H2,1-2H3. The van der Waals surface area contributed by atoms with Gasteiger partial charge < -0.3 is 9.30 Å². The summed E-state index contributed by atoms with van der Waals surface area (Å²) in [5, 5.41) is 0.842. The Labute approximate surface area is 113 Å². The molecule has 5 heteroatoms. The molecule has 18 heavy (non-hydrogen) atoms. The molecule has 0 aliphatic carbocycles. The van der Waals surface area contributed by atoms with E-state index in [4.69, 9.17) is 0 Å². The van der Waals surface area contributed by atoms with E-state index in [1.165, 1.54) is 7.11 Å². The van der Waals surface area contributed by atoms with Gasteiger partial charge in [0.1, 0.15) is 6.42 Å². The van der Waals surface area contributed by atoms with E-state index in [-0.39, 0.29) is 12.2 Å². The molecule has 0 spiro atoms. The van der Waals surface area contributed by atoms with Crippen LogP contribution in [-0.4, -0.2) is 23.4 Å². The van der Waals surface area contributed by atoms with Crippen molar-refractivity contribution in [1.82, 2.24) is 4.57 Å². The lowest BCUT2D eigenvalue weighted by atomic mass is 10.1. The zero-order chi connectivity index (χ0) is 13.3. The van der Waals surface area contributed by atoms with Gasteiger partial charge in [0.05, 0.1) is 7.11 Å². The molecule has 0 bridgehead atoms. The summed E-state index contributed by atoms with van der Waals surface area (Å²) in [6, 6.07) is 5.67. The number of aromatic nitrogens is 1. The summed E-state index contributed by atoms with van der Waals surface area (Å²) < 4.78 is 7.32. The van der Waals surface area contributed by atoms with Crippen molar-refractivity contribution >= 4 is 38.6 Å². The number of ether oxygens (including phenoxy) is 1. The number of carbonyl (C=O) groups excluding carboxylic acids is 2. The number of esters is 1. The molecule has 0 radical (unpaired) electrons. The molecule has 1 aromatic carbocycles. The third-order valence-electron chi connectivity index (χ3n) is 2.79. The minimum atomic E-state index is -0.519. The minimum absolute atomic E-state index is 0.227. The fraction of sp³-hybridized carbons (Fsp3) is 0.231. The van der Waals surface area contributed by atoms with Crippen molar-refractivity contribution < 1.29 is 14.3 Å². The van der Waals surface area contributed by atoms with Crippen LogP contribution in [0.2, 0.25) is 0 Å². The Bertz CT molecular complexity index is 630. The third-order valence-corrected chi connectivity index (χ3v) is 3.28. The Morgan fingerprint density at radius 1 is 1.39 bits per heavy atom. The molecule has 0 fully saturated rings. The Hall–Kier alpha value is -1.62. The van der Waals surface area contributed by atoms with E-state index in [0.29, 0.717) is 5.56 Å². The van der Waals surface area contributed by atoms with Gasteiger partial charge in [-0.2, -0.15) is 0 Å². The molecular formula is C13H12BrNO3. The van der Waals surface area contributed by atoms with Crippen LogP contribution in [0.15, 0.2) is 28.9 Å². The van der Waals surface area contributed by atoms with Crippen molar-refractivity contribution in [3.8, 4) is 0 Å². The number of ketones is 1. The molecule has 0 unspecified atom stereocenters. The molecule has 0 amide bonds. The second kappa shape index (κ2) is 4.94. The molecule has 94 valence electrons. The lowest BCUT2D eigenvalue weighted by molar-refractivity contribution is -0.139. The summed E-state index contributed by atoms with van der Waals surface area (Å²) in [6.45, 7) is 0. The molecule has 4 nitrogen and oxygen atoms in total. The number of Topliss-reactive ketones (excluding diaryl/α,β-unsaturated/α-hetero) is 1. The normalized spacial score (nSPS) is 10.6. The fourth-order valence-electron chi connectivity index (χ4n) is 1.88. The molecule has 0 saturated carbocycles. The van der Waals surface area contributed by atoms with Crippen molar-refractivity contribution in [2.45, 2.75) is 6.42 Å². The van der Waals surface area contributed by atoms with Crippen LogP contribution in [0.3, 0.4) is 0 Å². The second-order valence-corrected chi connectivity index (χ2v) is 4.91. The summed E-state index contributed by atoms with van der Waals surface area (Å²) in [4.78, 5) is 23.1. The zero-order valence-electron chi connectivity index (χ0n) is 10.1. The predicted octanol–water partition coefficient (Wildman–Crippen LogP) is 2.69. The van der Waals surface area contributed by atoms with Crippen molar-refractivity contribution in [3.63, 3.8) is 0 Å². The number of carbonyl (C=O) groups is 2. The van der Waals surface area contributed by atoms with Crippen LogP contribution < -0.4 is 0 Å². The molecule has 1 heterocycles. The molecule has 0 saturated heterocycles. The second-order valence-electron chi connectivity index (χ2n) is 3.99. The number of rotatable bonds is 3. The molecule has 0 atom stereocenters. The first-order valence-electron chi connectivity index (χ1n) is 5.37. The van der Waals surface area contributed by atoms with Crippen LogP contribution in [0.4, 0.5) is 0 Å². The lowest BCUT2D eigenvalue weighted by Gasteiger charge is -1.98. The fourth-order valence-corrected chi connectivity index (χ4v) is 2.23. The van der Waals surface area contributed by atoms with Crippen LogP contribution >= 0.6 is 15.9 Å². The monoisotopic (exact) mass is 309 g/mol. The smallest absolute Gasteiger partial charge is 0.313 e. The van der Waals surface area contributed by atoms with E-state index in [0.717, 1.165) is 15.4 Å². The van der Waals surface area contributed by atoms with Crippen LogP contribution in [0.25, 0.3) is 10.9 Å². The number of halogens is 1. The average Bonchev–Trinajstić information content (AvgIpc) is 2.66. The van der Waals surface area contributed by atoms with Gasteiger partial charge in [-0.05, 0) is 12.1 Å². The maximum Gasteiger partial charge on any atom is 0.313 e. The molecule has 2 aromatic rings. The summed E-state index contributed by atoms with van der Waals surface area (Å²) in [7, 11) is 3.14. The lowest BCUT2D eigenvalue weighted by Crippen LogP contribution is -2.09. The van der Waals surface area contributed by atoms with E-state index in [9.17, 15) is 9.59 Å². The SMILES string of the molecule is COC(=O)CC(=O)c1cn(C)c2cc(Br)ccc12. The van der Waals surface area contributed by atoms with Gasteiger partial charge in [0.2, 0.25) is 0 Å². The van der Waals surface area contributed by atoms with E-state index >= 15 is 0 Å². The minimum Gasteiger partial charge on any atom is -0.469 e. The van der Waals surface area contributed by atoms with Crippen molar-refractivity contribution in [2.75, 3.05) is 7.11 Å². The number of methoxy groups -OCH3 is 1. The summed E-state index contributed by atoms with van der Waals surface area (Å²) >= 11 is 3.39. The maximum absolute atomic E-state index is 12.0. The summed E-state index contributed by atoms with van der Waals surface area (Å²) in [6.07, 6.45) is 1.51. The highest BCUT2D eigenvalue weighted by molar-refractivity contribution is 9.10. The van der Waals surface area contributed by atoms with Gasteiger partial charge in [-0.15, -0.1) is 0 Å². The molecule has 2 rings (SSSR count). The number of fused-ring (bicyclic) bond motifs is 1. The van der Waals surface area contributed by atoms with Gasteiger partial charge in [-0.3, -0.25) is 9.59 Å². The highest BCUT2D eigenvalue weighted by Gasteiger charge is 2.17. The quantitative estimate of drug-likeness (QED) is 0.497. The average molecular weight is 310 g/mol. The van der Waals surface area contributed by atoms with E-state index < -0.39 is 5.97 Å². The largest absolute Gasteiger partial charge is 0.469 e. The van der Waals surface area contributed by atoms with Crippen LogP contribution in [0.1, 0.15) is 16.8 Å². The van der Waals surface area contributed by atoms with Crippen molar-refractivity contribution in [1.29, 1.82) is 0 Å². The third kappa shape index (κ3) is 2.31. The first-order chi connectivity index (χ1) is 8.52. The highest BCUT2D eigenvalue weighted by atomic mass is 79.9. The van der Waals surface area contributed by atoms with E-state index in [2.05, 4.69) is 20.7 Å². The van der Waals surface area contributed by atoms with Crippen molar-refractivity contribution in [2.24, 2.45) is 7.05 Å². The van der Waals surface area contributed by atoms with Gasteiger partial charge in [0.25, 0.3) is 0 Å². The number of hydrogen-bond acceptors (Lipinski definition) is 3. The summed E-state index contributed by atoms with van der Waals surface area (Å²) in [5.74, 6) is -0.746.